The van der Waals surface area contributed by atoms with Crippen molar-refractivity contribution in [3.05, 3.63) is 90.7 Å². The number of nitrogens with zero attached hydrogens (tertiary/aromatic N) is 1. The van der Waals surface area contributed by atoms with Crippen LogP contribution >= 0.6 is 0 Å². The van der Waals surface area contributed by atoms with Gasteiger partial charge in [-0.1, -0.05) is 50.6 Å². The molecule has 0 radical (unpaired) electrons. The summed E-state index contributed by atoms with van der Waals surface area (Å²) < 4.78 is 0. The van der Waals surface area contributed by atoms with Crippen molar-refractivity contribution in [3.63, 3.8) is 0 Å². The molecule has 0 bridgehead atoms. The number of hydrogen-bond acceptors (Lipinski definition) is 2. The van der Waals surface area contributed by atoms with Gasteiger partial charge in [-0.2, -0.15) is 0 Å². The summed E-state index contributed by atoms with van der Waals surface area (Å²) in [5, 5.41) is 0. The Kier molecular flexibility index (Phi) is 5.79. The number of nitrogen functional groups attached to an aromatic ring is 1. The van der Waals surface area contributed by atoms with Crippen molar-refractivity contribution >= 4 is 5.69 Å². The number of nitrogens with two attached hydrogens (primary N) is 1. The number of benzene rings is 1. The topological polar surface area (TPSA) is 29.3 Å². The van der Waals surface area contributed by atoms with Gasteiger partial charge in [0, 0.05) is 30.5 Å². The van der Waals surface area contributed by atoms with Gasteiger partial charge in [0.1, 0.15) is 0 Å². The molecule has 0 spiro atoms. The molecule has 0 saturated heterocycles. The number of rotatable bonds is 7. The maximum Gasteiger partial charge on any atom is 0.0428 e. The average molecular weight is 280 g/mol. The SMILES string of the molecule is C=C/C=C(\C(=C)C=C)C(=C)N(C)Cc1ccc(N)cc1C. The molecule has 0 aliphatic rings. The minimum Gasteiger partial charge on any atom is -0.399 e. The standard InChI is InChI=1S/C19H24N2/c1-7-9-19(14(3)8-2)16(5)21(6)13-17-10-11-18(20)12-15(17)4/h7-12H,1-3,5,13,20H2,4,6H3/b19-9+. The van der Waals surface area contributed by atoms with Crippen molar-refractivity contribution in [3.8, 4) is 0 Å². The monoisotopic (exact) mass is 280 g/mol. The fourth-order valence-electron chi connectivity index (χ4n) is 2.07. The zero-order chi connectivity index (χ0) is 16.0. The average Bonchev–Trinajstić information content (AvgIpc) is 2.46. The van der Waals surface area contributed by atoms with E-state index in [0.717, 1.165) is 29.1 Å². The Balaban J connectivity index is 2.96. The summed E-state index contributed by atoms with van der Waals surface area (Å²) in [6, 6.07) is 5.95. The Morgan fingerprint density at radius 1 is 1.29 bits per heavy atom. The summed E-state index contributed by atoms with van der Waals surface area (Å²) in [6.07, 6.45) is 5.36. The molecule has 2 nitrogen and oxygen atoms in total. The highest BCUT2D eigenvalue weighted by Gasteiger charge is 2.11. The lowest BCUT2D eigenvalue weighted by molar-refractivity contribution is 0.421. The molecule has 110 valence electrons. The van der Waals surface area contributed by atoms with Crippen LogP contribution in [0.4, 0.5) is 5.69 Å². The highest BCUT2D eigenvalue weighted by molar-refractivity contribution is 5.50. The molecule has 0 saturated carbocycles. The summed E-state index contributed by atoms with van der Waals surface area (Å²) in [7, 11) is 2.01. The highest BCUT2D eigenvalue weighted by Crippen LogP contribution is 2.23. The summed E-state index contributed by atoms with van der Waals surface area (Å²) in [6.45, 7) is 18.5. The molecule has 0 aliphatic heterocycles. The Bertz CT molecular complexity index is 606. The lowest BCUT2D eigenvalue weighted by Crippen LogP contribution is -2.19. The molecule has 2 N–H and O–H groups in total. The van der Waals surface area contributed by atoms with Gasteiger partial charge in [-0.05, 0) is 35.8 Å². The highest BCUT2D eigenvalue weighted by atomic mass is 15.1. The maximum absolute atomic E-state index is 5.79. The first kappa shape index (κ1) is 16.6. The molecule has 0 amide bonds. The van der Waals surface area contributed by atoms with Gasteiger partial charge in [-0.25, -0.2) is 0 Å². The summed E-state index contributed by atoms with van der Waals surface area (Å²) in [4.78, 5) is 2.09. The second kappa shape index (κ2) is 7.34. The summed E-state index contributed by atoms with van der Waals surface area (Å²) >= 11 is 0. The molecule has 0 fully saturated rings. The third kappa shape index (κ3) is 4.25. The van der Waals surface area contributed by atoms with E-state index in [-0.39, 0.29) is 0 Å². The Morgan fingerprint density at radius 2 is 1.95 bits per heavy atom. The smallest absolute Gasteiger partial charge is 0.0428 e. The first-order valence-corrected chi connectivity index (χ1v) is 6.80. The van der Waals surface area contributed by atoms with E-state index in [1.807, 2.05) is 31.3 Å². The molecule has 0 heterocycles. The molecule has 0 atom stereocenters. The minimum absolute atomic E-state index is 0.754. The van der Waals surface area contributed by atoms with Gasteiger partial charge in [0.2, 0.25) is 0 Å². The van der Waals surface area contributed by atoms with Crippen molar-refractivity contribution < 1.29 is 0 Å². The molecular formula is C19H24N2. The van der Waals surface area contributed by atoms with Gasteiger partial charge >= 0.3 is 0 Å². The molecule has 0 unspecified atom stereocenters. The minimum atomic E-state index is 0.754. The zero-order valence-electron chi connectivity index (χ0n) is 13.0. The molecule has 21 heavy (non-hydrogen) atoms. The second-order valence-corrected chi connectivity index (χ2v) is 5.03. The lowest BCUT2D eigenvalue weighted by atomic mass is 10.0. The predicted octanol–water partition coefficient (Wildman–Crippen LogP) is 4.38. The van der Waals surface area contributed by atoms with E-state index in [0.29, 0.717) is 0 Å². The van der Waals surface area contributed by atoms with Crippen LogP contribution < -0.4 is 5.73 Å². The third-order valence-corrected chi connectivity index (χ3v) is 3.42. The third-order valence-electron chi connectivity index (χ3n) is 3.42. The number of aryl methyl sites for hydroxylation is 1. The van der Waals surface area contributed by atoms with Crippen LogP contribution in [0.25, 0.3) is 0 Å². The van der Waals surface area contributed by atoms with E-state index in [4.69, 9.17) is 5.73 Å². The maximum atomic E-state index is 5.79. The Hall–Kier alpha value is -2.48. The van der Waals surface area contributed by atoms with Crippen LogP contribution in [0.15, 0.2) is 79.6 Å². The normalized spacial score (nSPS) is 10.9. The van der Waals surface area contributed by atoms with Crippen LogP contribution in [-0.4, -0.2) is 11.9 Å². The fraction of sp³-hybridized carbons (Fsp3) is 0.158. The molecule has 1 rings (SSSR count). The molecule has 1 aromatic rings. The van der Waals surface area contributed by atoms with Crippen molar-refractivity contribution in [2.75, 3.05) is 12.8 Å². The molecule has 1 aromatic carbocycles. The van der Waals surface area contributed by atoms with Crippen molar-refractivity contribution in [1.82, 2.24) is 4.90 Å². The van der Waals surface area contributed by atoms with Crippen molar-refractivity contribution in [1.29, 1.82) is 0 Å². The van der Waals surface area contributed by atoms with Crippen molar-refractivity contribution in [2.45, 2.75) is 13.5 Å². The van der Waals surface area contributed by atoms with Gasteiger partial charge in [0.25, 0.3) is 0 Å². The predicted molar refractivity (Wildman–Crippen MR) is 93.8 cm³/mol. The van der Waals surface area contributed by atoms with Gasteiger partial charge in [0.15, 0.2) is 0 Å². The quantitative estimate of drug-likeness (QED) is 0.593. The Labute approximate surface area is 128 Å². The van der Waals surface area contributed by atoms with Crippen LogP contribution in [0.2, 0.25) is 0 Å². The van der Waals surface area contributed by atoms with E-state index >= 15 is 0 Å². The van der Waals surface area contributed by atoms with Crippen LogP contribution in [0.1, 0.15) is 11.1 Å². The van der Waals surface area contributed by atoms with E-state index in [1.54, 1.807) is 12.2 Å². The number of likely N-dealkylation sites (N-methyl/N-ethyl adjacent to an activating group) is 1. The Morgan fingerprint density at radius 3 is 2.48 bits per heavy atom. The summed E-state index contributed by atoms with van der Waals surface area (Å²) in [5.74, 6) is 0. The molecule has 0 aliphatic carbocycles. The molecular weight excluding hydrogens is 256 g/mol. The number of hydrogen-bond donors (Lipinski definition) is 1. The largest absolute Gasteiger partial charge is 0.399 e. The first-order valence-electron chi connectivity index (χ1n) is 6.80. The van der Waals surface area contributed by atoms with Gasteiger partial charge in [0.05, 0.1) is 0 Å². The van der Waals surface area contributed by atoms with Crippen LogP contribution in [-0.2, 0) is 6.54 Å². The molecule has 2 heteroatoms. The van der Waals surface area contributed by atoms with E-state index in [2.05, 4.69) is 38.1 Å². The summed E-state index contributed by atoms with van der Waals surface area (Å²) in [5.41, 5.74) is 11.6. The van der Waals surface area contributed by atoms with E-state index < -0.39 is 0 Å². The van der Waals surface area contributed by atoms with Crippen LogP contribution in [0.5, 0.6) is 0 Å². The van der Waals surface area contributed by atoms with E-state index in [1.165, 1.54) is 11.1 Å². The second-order valence-electron chi connectivity index (χ2n) is 5.03. The fourth-order valence-corrected chi connectivity index (χ4v) is 2.07. The van der Waals surface area contributed by atoms with Crippen molar-refractivity contribution in [2.24, 2.45) is 0 Å². The van der Waals surface area contributed by atoms with Gasteiger partial charge < -0.3 is 10.6 Å². The molecule has 0 aromatic heterocycles. The number of anilines is 1. The van der Waals surface area contributed by atoms with Gasteiger partial charge in [-0.3, -0.25) is 0 Å². The van der Waals surface area contributed by atoms with Crippen LogP contribution in [0.3, 0.4) is 0 Å². The zero-order valence-corrected chi connectivity index (χ0v) is 13.0. The lowest BCUT2D eigenvalue weighted by Gasteiger charge is -2.25. The van der Waals surface area contributed by atoms with E-state index in [9.17, 15) is 0 Å². The number of allylic oxidation sites excluding steroid dienone is 4. The van der Waals surface area contributed by atoms with Crippen LogP contribution in [0, 0.1) is 6.92 Å². The van der Waals surface area contributed by atoms with Gasteiger partial charge in [-0.15, -0.1) is 0 Å². The first-order chi connectivity index (χ1) is 9.90.